The van der Waals surface area contributed by atoms with Crippen molar-refractivity contribution in [3.63, 3.8) is 0 Å². The first-order valence-electron chi connectivity index (χ1n) is 4.66. The number of carboxylic acid groups (broad SMARTS) is 1. The predicted molar refractivity (Wildman–Crippen MR) is 60.8 cm³/mol. The summed E-state index contributed by atoms with van der Waals surface area (Å²) in [7, 11) is 1.34. The number of carboxylic acids is 1. The summed E-state index contributed by atoms with van der Waals surface area (Å²) < 4.78 is 1.91. The highest BCUT2D eigenvalue weighted by molar-refractivity contribution is 6.32. The van der Waals surface area contributed by atoms with Gasteiger partial charge in [0.1, 0.15) is 0 Å². The van der Waals surface area contributed by atoms with Crippen LogP contribution in [0, 0.1) is 0 Å². The van der Waals surface area contributed by atoms with Crippen LogP contribution in [0.15, 0.2) is 29.1 Å². The summed E-state index contributed by atoms with van der Waals surface area (Å²) in [5, 5.41) is 12.9. The summed E-state index contributed by atoms with van der Waals surface area (Å²) in [6.45, 7) is 0. The molecule has 17 heavy (non-hydrogen) atoms. The molecule has 1 aromatic heterocycles. The fourth-order valence-corrected chi connectivity index (χ4v) is 1.62. The molecule has 0 saturated heterocycles. The van der Waals surface area contributed by atoms with Crippen LogP contribution < -0.4 is 5.69 Å². The molecule has 6 nitrogen and oxygen atoms in total. The second kappa shape index (κ2) is 4.06. The van der Waals surface area contributed by atoms with Crippen LogP contribution in [-0.2, 0) is 7.05 Å². The van der Waals surface area contributed by atoms with Crippen molar-refractivity contribution >= 4 is 17.6 Å². The third-order valence-corrected chi connectivity index (χ3v) is 2.57. The molecule has 0 unspecified atom stereocenters. The average molecular weight is 254 g/mol. The van der Waals surface area contributed by atoms with E-state index in [0.717, 1.165) is 9.25 Å². The molecule has 7 heteroatoms. The Hall–Kier alpha value is -2.08. The first-order chi connectivity index (χ1) is 8.02. The maximum atomic E-state index is 11.8. The predicted octanol–water partition coefficient (Wildman–Crippen LogP) is 0.923. The monoisotopic (exact) mass is 253 g/mol. The lowest BCUT2D eigenvalue weighted by molar-refractivity contribution is 0.0678. The van der Waals surface area contributed by atoms with Gasteiger partial charge >= 0.3 is 11.7 Å². The maximum Gasteiger partial charge on any atom is 0.374 e. The molecule has 2 rings (SSSR count). The van der Waals surface area contributed by atoms with Crippen molar-refractivity contribution < 1.29 is 9.90 Å². The van der Waals surface area contributed by atoms with Gasteiger partial charge in [-0.1, -0.05) is 23.7 Å². The molecule has 0 fully saturated rings. The molecule has 0 spiro atoms. The highest BCUT2D eigenvalue weighted by atomic mass is 35.5. The molecule has 0 saturated carbocycles. The zero-order valence-electron chi connectivity index (χ0n) is 8.79. The van der Waals surface area contributed by atoms with Gasteiger partial charge < -0.3 is 5.11 Å². The van der Waals surface area contributed by atoms with E-state index in [2.05, 4.69) is 5.10 Å². The van der Waals surface area contributed by atoms with Crippen molar-refractivity contribution in [2.45, 2.75) is 0 Å². The summed E-state index contributed by atoms with van der Waals surface area (Å²) in [4.78, 5) is 22.6. The molecule has 0 aliphatic carbocycles. The number of aromatic carboxylic acids is 1. The van der Waals surface area contributed by atoms with Gasteiger partial charge in [-0.05, 0) is 12.1 Å². The number of halogens is 1. The zero-order chi connectivity index (χ0) is 12.6. The summed E-state index contributed by atoms with van der Waals surface area (Å²) in [6.07, 6.45) is 0. The molecule has 0 aliphatic heterocycles. The molecule has 2 aromatic rings. The minimum atomic E-state index is -1.27. The minimum absolute atomic E-state index is 0.324. The third kappa shape index (κ3) is 1.83. The summed E-state index contributed by atoms with van der Waals surface area (Å²) >= 11 is 5.92. The Morgan fingerprint density at radius 3 is 2.59 bits per heavy atom. The van der Waals surface area contributed by atoms with Crippen molar-refractivity contribution in [1.82, 2.24) is 14.3 Å². The van der Waals surface area contributed by atoms with Gasteiger partial charge in [-0.25, -0.2) is 9.59 Å². The third-order valence-electron chi connectivity index (χ3n) is 2.25. The quantitative estimate of drug-likeness (QED) is 0.863. The highest BCUT2D eigenvalue weighted by Gasteiger charge is 2.18. The van der Waals surface area contributed by atoms with Crippen LogP contribution in [0.4, 0.5) is 0 Å². The Kier molecular flexibility index (Phi) is 2.72. The standard InChI is InChI=1S/C10H8ClN3O3/c1-13-8(9(15)16)12-14(10(13)17)7-5-3-2-4-6(7)11/h2-5H,1H3,(H,15,16). The van der Waals surface area contributed by atoms with Crippen molar-refractivity contribution in [2.24, 2.45) is 7.05 Å². The fourth-order valence-electron chi connectivity index (χ4n) is 1.40. The smallest absolute Gasteiger partial charge is 0.374 e. The van der Waals surface area contributed by atoms with Gasteiger partial charge in [0.25, 0.3) is 0 Å². The maximum absolute atomic E-state index is 11.8. The number of benzene rings is 1. The molecule has 0 amide bonds. The molecular formula is C10H8ClN3O3. The number of aromatic nitrogens is 3. The van der Waals surface area contributed by atoms with E-state index in [1.54, 1.807) is 24.3 Å². The number of para-hydroxylation sites is 1. The van der Waals surface area contributed by atoms with Crippen molar-refractivity contribution in [1.29, 1.82) is 0 Å². The van der Waals surface area contributed by atoms with Crippen molar-refractivity contribution in [3.05, 3.63) is 45.6 Å². The Labute approximate surface area is 101 Å². The van der Waals surface area contributed by atoms with Gasteiger partial charge in [-0.15, -0.1) is 5.10 Å². The zero-order valence-corrected chi connectivity index (χ0v) is 9.55. The second-order valence-corrected chi connectivity index (χ2v) is 3.74. The van der Waals surface area contributed by atoms with Crippen LogP contribution in [0.1, 0.15) is 10.6 Å². The molecular weight excluding hydrogens is 246 g/mol. The number of rotatable bonds is 2. The van der Waals surface area contributed by atoms with Gasteiger partial charge in [-0.2, -0.15) is 4.68 Å². The lowest BCUT2D eigenvalue weighted by Crippen LogP contribution is -2.22. The SMILES string of the molecule is Cn1c(C(=O)O)nn(-c2ccccc2Cl)c1=O. The first kappa shape index (κ1) is 11.4. The van der Waals surface area contributed by atoms with E-state index in [9.17, 15) is 9.59 Å². The van der Waals surface area contributed by atoms with Crippen molar-refractivity contribution in [3.8, 4) is 5.69 Å². The van der Waals surface area contributed by atoms with Gasteiger partial charge in [-0.3, -0.25) is 4.57 Å². The number of carbonyl (C=O) groups is 1. The van der Waals surface area contributed by atoms with Gasteiger partial charge in [0.2, 0.25) is 5.82 Å². The normalized spacial score (nSPS) is 10.5. The Bertz CT molecular complexity index is 644. The van der Waals surface area contributed by atoms with Crippen LogP contribution in [0.2, 0.25) is 5.02 Å². The van der Waals surface area contributed by atoms with Gasteiger partial charge in [0, 0.05) is 7.05 Å². The first-order valence-corrected chi connectivity index (χ1v) is 5.04. The van der Waals surface area contributed by atoms with Crippen molar-refractivity contribution in [2.75, 3.05) is 0 Å². The molecule has 1 aromatic carbocycles. The molecule has 88 valence electrons. The average Bonchev–Trinajstić information content (AvgIpc) is 2.57. The minimum Gasteiger partial charge on any atom is -0.475 e. The molecule has 0 atom stereocenters. The topological polar surface area (TPSA) is 77.1 Å². The highest BCUT2D eigenvalue weighted by Crippen LogP contribution is 2.17. The molecule has 0 bridgehead atoms. The largest absolute Gasteiger partial charge is 0.475 e. The van der Waals surface area contributed by atoms with Crippen LogP contribution in [0.5, 0.6) is 0 Å². The number of hydrogen-bond acceptors (Lipinski definition) is 3. The molecule has 1 N–H and O–H groups in total. The van der Waals surface area contributed by atoms with E-state index < -0.39 is 11.7 Å². The lowest BCUT2D eigenvalue weighted by atomic mass is 10.3. The molecule has 0 radical (unpaired) electrons. The van der Waals surface area contributed by atoms with Gasteiger partial charge in [0.05, 0.1) is 10.7 Å². The van der Waals surface area contributed by atoms with Gasteiger partial charge in [0.15, 0.2) is 0 Å². The summed E-state index contributed by atoms with van der Waals surface area (Å²) in [6, 6.07) is 6.57. The van der Waals surface area contributed by atoms with E-state index >= 15 is 0 Å². The Morgan fingerprint density at radius 1 is 1.41 bits per heavy atom. The molecule has 0 aliphatic rings. The van der Waals surface area contributed by atoms with E-state index in [4.69, 9.17) is 16.7 Å². The Morgan fingerprint density at radius 2 is 2.06 bits per heavy atom. The fraction of sp³-hybridized carbons (Fsp3) is 0.100. The number of hydrogen-bond donors (Lipinski definition) is 1. The second-order valence-electron chi connectivity index (χ2n) is 3.33. The van der Waals surface area contributed by atoms with Crippen LogP contribution in [0.25, 0.3) is 5.69 Å². The van der Waals surface area contributed by atoms with Crippen LogP contribution in [-0.4, -0.2) is 25.4 Å². The van der Waals surface area contributed by atoms with Crippen LogP contribution >= 0.6 is 11.6 Å². The van der Waals surface area contributed by atoms with E-state index in [1.807, 2.05) is 0 Å². The number of nitrogens with zero attached hydrogens (tertiary/aromatic N) is 3. The van der Waals surface area contributed by atoms with E-state index in [-0.39, 0.29) is 5.82 Å². The summed E-state index contributed by atoms with van der Waals surface area (Å²) in [5.74, 6) is -1.61. The van der Waals surface area contributed by atoms with E-state index in [1.165, 1.54) is 7.05 Å². The summed E-state index contributed by atoms with van der Waals surface area (Å²) in [5.41, 5.74) is -0.210. The molecule has 1 heterocycles. The van der Waals surface area contributed by atoms with Crippen LogP contribution in [0.3, 0.4) is 0 Å². The lowest BCUT2D eigenvalue weighted by Gasteiger charge is -2.00. The van der Waals surface area contributed by atoms with E-state index in [0.29, 0.717) is 10.7 Å². The Balaban J connectivity index is 2.70.